The molecule has 1 aliphatic heterocycles. The van der Waals surface area contributed by atoms with Gasteiger partial charge in [0, 0.05) is 23.9 Å². The van der Waals surface area contributed by atoms with Gasteiger partial charge in [0.25, 0.3) is 5.91 Å². The highest BCUT2D eigenvalue weighted by Gasteiger charge is 2.33. The van der Waals surface area contributed by atoms with Crippen LogP contribution in [0.15, 0.2) is 24.4 Å². The Morgan fingerprint density at radius 3 is 2.69 bits per heavy atom. The van der Waals surface area contributed by atoms with Gasteiger partial charge in [-0.2, -0.15) is 10.2 Å². The summed E-state index contributed by atoms with van der Waals surface area (Å²) in [6, 6.07) is 7.14. The lowest BCUT2D eigenvalue weighted by Crippen LogP contribution is -2.49. The predicted molar refractivity (Wildman–Crippen MR) is 105 cm³/mol. The van der Waals surface area contributed by atoms with Crippen LogP contribution in [0.3, 0.4) is 0 Å². The zero-order valence-corrected chi connectivity index (χ0v) is 17.0. The molecule has 0 radical (unpaired) electrons. The maximum absolute atomic E-state index is 13.2. The molecule has 1 aliphatic rings. The number of aromatic nitrogens is 2. The summed E-state index contributed by atoms with van der Waals surface area (Å²) < 4.78 is 16.5. The molecule has 152 valence electrons. The van der Waals surface area contributed by atoms with E-state index < -0.39 is 0 Å². The van der Waals surface area contributed by atoms with Gasteiger partial charge in [0.15, 0.2) is 0 Å². The van der Waals surface area contributed by atoms with E-state index in [1.807, 2.05) is 13.8 Å². The highest BCUT2D eigenvalue weighted by molar-refractivity contribution is 5.96. The quantitative estimate of drug-likeness (QED) is 0.766. The second-order valence-corrected chi connectivity index (χ2v) is 6.93. The first kappa shape index (κ1) is 20.4. The summed E-state index contributed by atoms with van der Waals surface area (Å²) in [7, 11) is 2.98. The van der Waals surface area contributed by atoms with Crippen molar-refractivity contribution < 1.29 is 19.0 Å². The Labute approximate surface area is 170 Å². The van der Waals surface area contributed by atoms with Gasteiger partial charge in [-0.05, 0) is 38.8 Å². The summed E-state index contributed by atoms with van der Waals surface area (Å²) in [6.45, 7) is 4.23. The number of nitriles is 1. The van der Waals surface area contributed by atoms with E-state index in [2.05, 4.69) is 16.0 Å². The Kier molecular flexibility index (Phi) is 6.17. The number of rotatable bonds is 5. The zero-order valence-electron chi connectivity index (χ0n) is 17.0. The van der Waals surface area contributed by atoms with E-state index in [4.69, 9.17) is 14.2 Å². The van der Waals surface area contributed by atoms with E-state index in [9.17, 15) is 10.1 Å². The number of likely N-dealkylation sites (tertiary alicyclic amines) is 1. The number of amides is 1. The summed E-state index contributed by atoms with van der Waals surface area (Å²) in [4.78, 5) is 23.4. The monoisotopic (exact) mass is 396 g/mol. The average Bonchev–Trinajstić information content (AvgIpc) is 2.75. The highest BCUT2D eigenvalue weighted by atomic mass is 16.5. The van der Waals surface area contributed by atoms with Gasteiger partial charge in [-0.25, -0.2) is 4.98 Å². The first-order valence-corrected chi connectivity index (χ1v) is 9.40. The van der Waals surface area contributed by atoms with Gasteiger partial charge in [-0.1, -0.05) is 0 Å². The van der Waals surface area contributed by atoms with Gasteiger partial charge in [0.2, 0.25) is 17.6 Å². The van der Waals surface area contributed by atoms with E-state index in [-0.39, 0.29) is 23.9 Å². The number of nitrogens with zero attached hydrogens (tertiary/aromatic N) is 4. The van der Waals surface area contributed by atoms with Crippen molar-refractivity contribution in [2.75, 3.05) is 20.8 Å². The van der Waals surface area contributed by atoms with Crippen molar-refractivity contribution in [2.24, 2.45) is 0 Å². The van der Waals surface area contributed by atoms with Crippen molar-refractivity contribution >= 4 is 5.91 Å². The Balaban J connectivity index is 1.80. The molecule has 8 nitrogen and oxygen atoms in total. The molecule has 0 aromatic carbocycles. The van der Waals surface area contributed by atoms with E-state index in [0.717, 1.165) is 12.8 Å². The van der Waals surface area contributed by atoms with Gasteiger partial charge < -0.3 is 19.1 Å². The van der Waals surface area contributed by atoms with Crippen molar-refractivity contribution in [1.29, 1.82) is 5.26 Å². The van der Waals surface area contributed by atoms with Gasteiger partial charge >= 0.3 is 0 Å². The molecule has 2 aromatic heterocycles. The lowest BCUT2D eigenvalue weighted by molar-refractivity contribution is 0.0368. The first-order chi connectivity index (χ1) is 14.0. The van der Waals surface area contributed by atoms with Crippen LogP contribution in [0, 0.1) is 18.3 Å². The minimum absolute atomic E-state index is 0.0497. The molecule has 2 aromatic rings. The minimum atomic E-state index is -0.215. The lowest BCUT2D eigenvalue weighted by atomic mass is 10.00. The largest absolute Gasteiger partial charge is 0.481 e. The fraction of sp³-hybridized carbons (Fsp3) is 0.429. The fourth-order valence-corrected chi connectivity index (χ4v) is 3.38. The van der Waals surface area contributed by atoms with Crippen molar-refractivity contribution in [3.63, 3.8) is 0 Å². The van der Waals surface area contributed by atoms with Crippen molar-refractivity contribution in [3.05, 3.63) is 41.1 Å². The number of hydrogen-bond acceptors (Lipinski definition) is 7. The number of pyridine rings is 2. The van der Waals surface area contributed by atoms with Gasteiger partial charge in [0.1, 0.15) is 11.7 Å². The smallest absolute Gasteiger partial charge is 0.259 e. The van der Waals surface area contributed by atoms with Crippen LogP contribution in [-0.2, 0) is 0 Å². The first-order valence-electron chi connectivity index (χ1n) is 9.40. The fourth-order valence-electron chi connectivity index (χ4n) is 3.38. The standard InChI is InChI=1S/C21H24N4O4/c1-13-5-6-16(29-19-14(2)15(11-22)9-10-23-19)12-25(13)21(26)17-7-8-18(27-3)24-20(17)28-4/h7-10,13,16H,5-6,12H2,1-4H3/t13-,16-/m1/s1. The van der Waals surface area contributed by atoms with E-state index in [1.165, 1.54) is 14.2 Å². The predicted octanol–water partition coefficient (Wildman–Crippen LogP) is 2.75. The molecule has 3 rings (SSSR count). The third-order valence-electron chi connectivity index (χ3n) is 5.12. The number of carbonyl (C=O) groups is 1. The summed E-state index contributed by atoms with van der Waals surface area (Å²) >= 11 is 0. The van der Waals surface area contributed by atoms with Crippen LogP contribution in [0.1, 0.15) is 41.3 Å². The maximum atomic E-state index is 13.2. The van der Waals surface area contributed by atoms with Crippen LogP contribution in [0.4, 0.5) is 0 Å². The number of piperidine rings is 1. The molecule has 0 unspecified atom stereocenters. The second kappa shape index (κ2) is 8.78. The number of methoxy groups -OCH3 is 2. The zero-order chi connectivity index (χ0) is 21.0. The minimum Gasteiger partial charge on any atom is -0.481 e. The lowest BCUT2D eigenvalue weighted by Gasteiger charge is -2.38. The van der Waals surface area contributed by atoms with Crippen LogP contribution >= 0.6 is 0 Å². The molecule has 0 N–H and O–H groups in total. The van der Waals surface area contributed by atoms with Crippen molar-refractivity contribution in [3.8, 4) is 23.7 Å². The molecule has 1 amide bonds. The van der Waals surface area contributed by atoms with Crippen LogP contribution in [0.25, 0.3) is 0 Å². The summed E-state index contributed by atoms with van der Waals surface area (Å²) in [5.74, 6) is 0.863. The van der Waals surface area contributed by atoms with Crippen LogP contribution in [0.5, 0.6) is 17.6 Å². The van der Waals surface area contributed by atoms with E-state index in [1.54, 1.807) is 29.3 Å². The molecule has 1 saturated heterocycles. The second-order valence-electron chi connectivity index (χ2n) is 6.93. The molecular weight excluding hydrogens is 372 g/mol. The molecule has 0 bridgehead atoms. The highest BCUT2D eigenvalue weighted by Crippen LogP contribution is 2.28. The Morgan fingerprint density at radius 2 is 2.00 bits per heavy atom. The van der Waals surface area contributed by atoms with Gasteiger partial charge in [0.05, 0.1) is 32.4 Å². The third-order valence-corrected chi connectivity index (χ3v) is 5.12. The normalized spacial score (nSPS) is 18.7. The molecule has 0 aliphatic carbocycles. The molecule has 8 heteroatoms. The number of hydrogen-bond donors (Lipinski definition) is 0. The molecule has 1 fully saturated rings. The van der Waals surface area contributed by atoms with Crippen molar-refractivity contribution in [1.82, 2.24) is 14.9 Å². The number of ether oxygens (including phenoxy) is 3. The maximum Gasteiger partial charge on any atom is 0.259 e. The van der Waals surface area contributed by atoms with Gasteiger partial charge in [-0.15, -0.1) is 0 Å². The number of carbonyl (C=O) groups excluding carboxylic acids is 1. The molecule has 3 heterocycles. The third kappa shape index (κ3) is 4.24. The van der Waals surface area contributed by atoms with E-state index >= 15 is 0 Å². The van der Waals surface area contributed by atoms with E-state index in [0.29, 0.717) is 35.0 Å². The van der Waals surface area contributed by atoms with Crippen LogP contribution in [-0.4, -0.2) is 53.7 Å². The SMILES string of the molecule is COc1ccc(C(=O)N2C[C@H](Oc3nccc(C#N)c3C)CC[C@H]2C)c(OC)n1. The molecule has 0 spiro atoms. The Hall–Kier alpha value is -3.34. The summed E-state index contributed by atoms with van der Waals surface area (Å²) in [5, 5.41) is 9.20. The molecular formula is C21H24N4O4. The summed E-state index contributed by atoms with van der Waals surface area (Å²) in [5.41, 5.74) is 1.61. The molecule has 2 atom stereocenters. The Bertz CT molecular complexity index is 941. The molecule has 0 saturated carbocycles. The van der Waals surface area contributed by atoms with Crippen LogP contribution in [0.2, 0.25) is 0 Å². The summed E-state index contributed by atoms with van der Waals surface area (Å²) in [6.07, 6.45) is 2.93. The van der Waals surface area contributed by atoms with Crippen molar-refractivity contribution in [2.45, 2.75) is 38.8 Å². The average molecular weight is 396 g/mol. The van der Waals surface area contributed by atoms with Gasteiger partial charge in [-0.3, -0.25) is 4.79 Å². The van der Waals surface area contributed by atoms with Crippen LogP contribution < -0.4 is 14.2 Å². The molecule has 29 heavy (non-hydrogen) atoms. The topological polar surface area (TPSA) is 97.6 Å². The Morgan fingerprint density at radius 1 is 1.21 bits per heavy atom.